The molecule has 0 N–H and O–H groups in total. The van der Waals surface area contributed by atoms with E-state index in [1.54, 1.807) is 35.9 Å². The van der Waals surface area contributed by atoms with Crippen LogP contribution >= 0.6 is 11.8 Å². The maximum Gasteiger partial charge on any atom is 0.358 e. The largest absolute Gasteiger partial charge is 0.461 e. The Balaban J connectivity index is 2.27. The minimum Gasteiger partial charge on any atom is -0.461 e. The average Bonchev–Trinajstić information content (AvgIpc) is 2.85. The Labute approximate surface area is 120 Å². The van der Waals surface area contributed by atoms with Crippen LogP contribution in [0.5, 0.6) is 0 Å². The molecule has 1 aromatic carbocycles. The Morgan fingerprint density at radius 1 is 1.45 bits per heavy atom. The summed E-state index contributed by atoms with van der Waals surface area (Å²) in [5.74, 6) is -0.747. The first kappa shape index (κ1) is 14.6. The highest BCUT2D eigenvalue weighted by atomic mass is 32.2. The number of thioether (sulfide) groups is 1. The van der Waals surface area contributed by atoms with Crippen LogP contribution in [0.25, 0.3) is 0 Å². The first-order chi connectivity index (χ1) is 9.65. The molecule has 4 nitrogen and oxygen atoms in total. The van der Waals surface area contributed by atoms with E-state index in [-0.39, 0.29) is 18.1 Å². The van der Waals surface area contributed by atoms with E-state index in [1.807, 2.05) is 6.26 Å². The number of hydrogen-bond acceptors (Lipinski definition) is 4. The van der Waals surface area contributed by atoms with Crippen LogP contribution in [0.4, 0.5) is 4.39 Å². The van der Waals surface area contributed by atoms with Gasteiger partial charge in [-0.25, -0.2) is 9.18 Å². The number of aromatic nitrogens is 2. The molecule has 2 aromatic rings. The predicted octanol–water partition coefficient (Wildman–Crippen LogP) is 2.97. The fourth-order valence-electron chi connectivity index (χ4n) is 1.77. The van der Waals surface area contributed by atoms with Crippen molar-refractivity contribution in [2.45, 2.75) is 18.5 Å². The second-order valence-corrected chi connectivity index (χ2v) is 4.87. The monoisotopic (exact) mass is 294 g/mol. The summed E-state index contributed by atoms with van der Waals surface area (Å²) in [7, 11) is 0. The molecule has 0 aliphatic carbocycles. The van der Waals surface area contributed by atoms with Gasteiger partial charge in [0.05, 0.1) is 18.2 Å². The van der Waals surface area contributed by atoms with E-state index >= 15 is 0 Å². The van der Waals surface area contributed by atoms with Crippen molar-refractivity contribution in [1.82, 2.24) is 9.78 Å². The van der Waals surface area contributed by atoms with E-state index in [9.17, 15) is 9.18 Å². The first-order valence-electron chi connectivity index (χ1n) is 6.18. The molecule has 0 saturated heterocycles. The van der Waals surface area contributed by atoms with Gasteiger partial charge in [-0.15, -0.1) is 11.8 Å². The summed E-state index contributed by atoms with van der Waals surface area (Å²) in [5, 5.41) is 4.98. The molecule has 6 heteroatoms. The van der Waals surface area contributed by atoms with Gasteiger partial charge in [0.15, 0.2) is 5.69 Å². The second-order valence-electron chi connectivity index (χ2n) is 4.04. The second kappa shape index (κ2) is 6.56. The minimum atomic E-state index is -0.463. The molecule has 0 atom stereocenters. The average molecular weight is 294 g/mol. The van der Waals surface area contributed by atoms with Crippen LogP contribution in [0.15, 0.2) is 35.4 Å². The minimum absolute atomic E-state index is 0.243. The molecule has 0 bridgehead atoms. The number of carbonyl (C=O) groups is 1. The molecule has 106 valence electrons. The third-order valence-corrected chi connectivity index (χ3v) is 3.46. The number of carbonyl (C=O) groups excluding carboxylic acids is 1. The van der Waals surface area contributed by atoms with Crippen LogP contribution in [0, 0.1) is 5.82 Å². The fourth-order valence-corrected chi connectivity index (χ4v) is 2.32. The number of nitrogens with zero attached hydrogens (tertiary/aromatic N) is 2. The van der Waals surface area contributed by atoms with Crippen molar-refractivity contribution in [2.24, 2.45) is 0 Å². The van der Waals surface area contributed by atoms with Gasteiger partial charge in [0, 0.05) is 11.6 Å². The van der Waals surface area contributed by atoms with Gasteiger partial charge >= 0.3 is 5.97 Å². The lowest BCUT2D eigenvalue weighted by molar-refractivity contribution is 0.0518. The molecule has 0 radical (unpaired) electrons. The lowest BCUT2D eigenvalue weighted by Gasteiger charge is -2.06. The normalized spacial score (nSPS) is 10.6. The molecule has 0 unspecified atom stereocenters. The van der Waals surface area contributed by atoms with E-state index in [2.05, 4.69) is 5.10 Å². The summed E-state index contributed by atoms with van der Waals surface area (Å²) in [5.41, 5.74) is 0.772. The van der Waals surface area contributed by atoms with Crippen molar-refractivity contribution < 1.29 is 13.9 Å². The molecule has 1 heterocycles. The SMILES string of the molecule is CCOC(=O)c1cc(SC)n(Cc2ccccc2F)n1. The zero-order chi connectivity index (χ0) is 14.5. The van der Waals surface area contributed by atoms with Crippen LogP contribution < -0.4 is 0 Å². The van der Waals surface area contributed by atoms with E-state index in [1.165, 1.54) is 17.8 Å². The number of rotatable bonds is 5. The number of hydrogen-bond donors (Lipinski definition) is 0. The van der Waals surface area contributed by atoms with Crippen LogP contribution in [-0.4, -0.2) is 28.6 Å². The Morgan fingerprint density at radius 2 is 2.20 bits per heavy atom. The summed E-state index contributed by atoms with van der Waals surface area (Å²) in [6, 6.07) is 8.17. The Kier molecular flexibility index (Phi) is 4.79. The molecular weight excluding hydrogens is 279 g/mol. The highest BCUT2D eigenvalue weighted by Gasteiger charge is 2.15. The molecule has 0 saturated carbocycles. The lowest BCUT2D eigenvalue weighted by atomic mass is 10.2. The Bertz CT molecular complexity index is 613. The maximum absolute atomic E-state index is 13.7. The van der Waals surface area contributed by atoms with Crippen molar-refractivity contribution in [1.29, 1.82) is 0 Å². The van der Waals surface area contributed by atoms with Crippen LogP contribution in [0.1, 0.15) is 23.0 Å². The van der Waals surface area contributed by atoms with Crippen LogP contribution in [0.3, 0.4) is 0 Å². The predicted molar refractivity (Wildman–Crippen MR) is 75.5 cm³/mol. The summed E-state index contributed by atoms with van der Waals surface area (Å²) in [6.07, 6.45) is 1.88. The summed E-state index contributed by atoms with van der Waals surface area (Å²) in [6.45, 7) is 2.32. The molecule has 0 aliphatic heterocycles. The van der Waals surface area contributed by atoms with Crippen LogP contribution in [0.2, 0.25) is 0 Å². The van der Waals surface area contributed by atoms with E-state index < -0.39 is 5.97 Å². The third kappa shape index (κ3) is 3.19. The van der Waals surface area contributed by atoms with E-state index in [0.717, 1.165) is 5.03 Å². The van der Waals surface area contributed by atoms with Crippen LogP contribution in [-0.2, 0) is 11.3 Å². The quantitative estimate of drug-likeness (QED) is 0.628. The molecule has 20 heavy (non-hydrogen) atoms. The van der Waals surface area contributed by atoms with Gasteiger partial charge < -0.3 is 4.74 Å². The summed E-state index contributed by atoms with van der Waals surface area (Å²) in [4.78, 5) is 11.7. The number of ether oxygens (including phenoxy) is 1. The highest BCUT2D eigenvalue weighted by molar-refractivity contribution is 7.98. The van der Waals surface area contributed by atoms with Crippen molar-refractivity contribution in [3.8, 4) is 0 Å². The fraction of sp³-hybridized carbons (Fsp3) is 0.286. The Morgan fingerprint density at radius 3 is 2.85 bits per heavy atom. The third-order valence-electron chi connectivity index (χ3n) is 2.71. The van der Waals surface area contributed by atoms with E-state index in [0.29, 0.717) is 12.2 Å². The molecule has 0 aliphatic rings. The van der Waals surface area contributed by atoms with E-state index in [4.69, 9.17) is 4.74 Å². The van der Waals surface area contributed by atoms with Gasteiger partial charge in [0.25, 0.3) is 0 Å². The molecule has 0 fully saturated rings. The van der Waals surface area contributed by atoms with Crippen molar-refractivity contribution in [3.63, 3.8) is 0 Å². The first-order valence-corrected chi connectivity index (χ1v) is 7.40. The molecular formula is C14H15FN2O2S. The number of esters is 1. The summed E-state index contributed by atoms with van der Waals surface area (Å²) >= 11 is 1.45. The van der Waals surface area contributed by atoms with Gasteiger partial charge in [-0.2, -0.15) is 5.10 Å². The zero-order valence-electron chi connectivity index (χ0n) is 11.3. The molecule has 0 amide bonds. The standard InChI is InChI=1S/C14H15FN2O2S/c1-3-19-14(18)12-8-13(20-2)17(16-12)9-10-6-4-5-7-11(10)15/h4-8H,3,9H2,1-2H3. The van der Waals surface area contributed by atoms with Gasteiger partial charge in [0.2, 0.25) is 0 Å². The van der Waals surface area contributed by atoms with Gasteiger partial charge in [-0.05, 0) is 19.2 Å². The van der Waals surface area contributed by atoms with Gasteiger partial charge in [-0.3, -0.25) is 4.68 Å². The zero-order valence-corrected chi connectivity index (χ0v) is 12.1. The summed E-state index contributed by atoms with van der Waals surface area (Å²) < 4.78 is 20.2. The van der Waals surface area contributed by atoms with Crippen molar-refractivity contribution in [2.75, 3.05) is 12.9 Å². The molecule has 0 spiro atoms. The molecule has 1 aromatic heterocycles. The van der Waals surface area contributed by atoms with Gasteiger partial charge in [-0.1, -0.05) is 18.2 Å². The Hall–Kier alpha value is -1.82. The molecule has 2 rings (SSSR count). The highest BCUT2D eigenvalue weighted by Crippen LogP contribution is 2.19. The maximum atomic E-state index is 13.7. The van der Waals surface area contributed by atoms with Crippen molar-refractivity contribution in [3.05, 3.63) is 47.4 Å². The lowest BCUT2D eigenvalue weighted by Crippen LogP contribution is -2.09. The number of halogens is 1. The smallest absolute Gasteiger partial charge is 0.358 e. The topological polar surface area (TPSA) is 44.1 Å². The van der Waals surface area contributed by atoms with Crippen molar-refractivity contribution >= 4 is 17.7 Å². The number of benzene rings is 1. The van der Waals surface area contributed by atoms with Gasteiger partial charge in [0.1, 0.15) is 5.82 Å².